The molecule has 0 saturated carbocycles. The minimum Gasteiger partial charge on any atom is -0.327 e. The molecule has 1 aromatic carbocycles. The molecule has 2 aromatic rings. The standard InChI is InChI=1S/C9H7N3O3S/c1-16-9-10-8(11-15-9)6-4-2-3-5-7(6)12(13)14/h2-5H,1H3. The van der Waals surface area contributed by atoms with Gasteiger partial charge in [0.25, 0.3) is 10.9 Å². The van der Waals surface area contributed by atoms with E-state index in [0.717, 1.165) is 0 Å². The van der Waals surface area contributed by atoms with Gasteiger partial charge in [0, 0.05) is 6.07 Å². The van der Waals surface area contributed by atoms with E-state index in [1.54, 1.807) is 24.5 Å². The number of aromatic nitrogens is 2. The molecule has 7 heteroatoms. The summed E-state index contributed by atoms with van der Waals surface area (Å²) in [4.78, 5) is 14.3. The molecule has 0 fully saturated rings. The average molecular weight is 237 g/mol. The lowest BCUT2D eigenvalue weighted by Gasteiger charge is -1.95. The van der Waals surface area contributed by atoms with E-state index in [1.165, 1.54) is 17.8 Å². The van der Waals surface area contributed by atoms with Crippen LogP contribution >= 0.6 is 11.8 Å². The molecule has 0 N–H and O–H groups in total. The summed E-state index contributed by atoms with van der Waals surface area (Å²) in [6.45, 7) is 0. The summed E-state index contributed by atoms with van der Waals surface area (Å²) in [5.41, 5.74) is 0.326. The molecule has 0 radical (unpaired) electrons. The fraction of sp³-hybridized carbons (Fsp3) is 0.111. The van der Waals surface area contributed by atoms with E-state index >= 15 is 0 Å². The molecule has 0 unspecified atom stereocenters. The second-order valence-electron chi connectivity index (χ2n) is 2.86. The number of nitrogens with zero attached hydrogens (tertiary/aromatic N) is 3. The Hall–Kier alpha value is -1.89. The van der Waals surface area contributed by atoms with Gasteiger partial charge in [-0.15, -0.1) is 0 Å². The average Bonchev–Trinajstić information content (AvgIpc) is 2.77. The van der Waals surface area contributed by atoms with Gasteiger partial charge in [-0.25, -0.2) is 0 Å². The van der Waals surface area contributed by atoms with Gasteiger partial charge in [0.2, 0.25) is 5.82 Å². The molecule has 82 valence electrons. The molecule has 0 aliphatic heterocycles. The highest BCUT2D eigenvalue weighted by molar-refractivity contribution is 7.98. The van der Waals surface area contributed by atoms with E-state index in [4.69, 9.17) is 4.52 Å². The van der Waals surface area contributed by atoms with E-state index in [9.17, 15) is 10.1 Å². The molecule has 0 saturated heterocycles. The molecule has 6 nitrogen and oxygen atoms in total. The van der Waals surface area contributed by atoms with Gasteiger partial charge in [0.1, 0.15) is 5.56 Å². The van der Waals surface area contributed by atoms with Crippen LogP contribution in [0.3, 0.4) is 0 Å². The number of rotatable bonds is 3. The zero-order chi connectivity index (χ0) is 11.5. The Kier molecular flexibility index (Phi) is 2.86. The van der Waals surface area contributed by atoms with Crippen molar-refractivity contribution < 1.29 is 9.45 Å². The van der Waals surface area contributed by atoms with Gasteiger partial charge >= 0.3 is 0 Å². The van der Waals surface area contributed by atoms with Crippen LogP contribution in [0.25, 0.3) is 11.4 Å². The topological polar surface area (TPSA) is 82.1 Å². The maximum atomic E-state index is 10.8. The predicted octanol–water partition coefficient (Wildman–Crippen LogP) is 2.37. The lowest BCUT2D eigenvalue weighted by atomic mass is 10.2. The van der Waals surface area contributed by atoms with Gasteiger partial charge in [-0.2, -0.15) is 4.98 Å². The summed E-state index contributed by atoms with van der Waals surface area (Å²) in [5, 5.41) is 14.9. The number of hydrogen-bond donors (Lipinski definition) is 0. The summed E-state index contributed by atoms with van der Waals surface area (Å²) < 4.78 is 4.88. The normalized spacial score (nSPS) is 10.3. The molecule has 0 amide bonds. The molecule has 0 atom stereocenters. The van der Waals surface area contributed by atoms with Gasteiger partial charge in [-0.05, 0) is 12.3 Å². The lowest BCUT2D eigenvalue weighted by Crippen LogP contribution is -1.92. The molecule has 0 bridgehead atoms. The third kappa shape index (κ3) is 1.89. The molecule has 1 heterocycles. The van der Waals surface area contributed by atoms with E-state index in [-0.39, 0.29) is 11.5 Å². The maximum absolute atomic E-state index is 10.8. The molecule has 1 aromatic heterocycles. The highest BCUT2D eigenvalue weighted by atomic mass is 32.2. The molecule has 16 heavy (non-hydrogen) atoms. The Balaban J connectivity index is 2.50. The smallest absolute Gasteiger partial charge is 0.285 e. The first-order valence-electron chi connectivity index (χ1n) is 4.34. The van der Waals surface area contributed by atoms with Crippen LogP contribution in [0.1, 0.15) is 0 Å². The third-order valence-corrected chi connectivity index (χ3v) is 2.44. The summed E-state index contributed by atoms with van der Waals surface area (Å²) in [6, 6.07) is 6.28. The second-order valence-corrected chi connectivity index (χ2v) is 3.62. The van der Waals surface area contributed by atoms with Crippen molar-refractivity contribution in [2.45, 2.75) is 5.22 Å². The Morgan fingerprint density at radius 3 is 2.81 bits per heavy atom. The SMILES string of the molecule is CSc1nc(-c2ccccc2[N+](=O)[O-])no1. The lowest BCUT2D eigenvalue weighted by molar-refractivity contribution is -0.384. The van der Waals surface area contributed by atoms with E-state index in [2.05, 4.69) is 10.1 Å². The van der Waals surface area contributed by atoms with Crippen molar-refractivity contribution in [2.75, 3.05) is 6.26 Å². The van der Waals surface area contributed by atoms with Crippen LogP contribution in [0, 0.1) is 10.1 Å². The van der Waals surface area contributed by atoms with Crippen LogP contribution in [0.15, 0.2) is 34.0 Å². The largest absolute Gasteiger partial charge is 0.327 e. The third-order valence-electron chi connectivity index (χ3n) is 1.92. The number of para-hydroxylation sites is 1. The van der Waals surface area contributed by atoms with Gasteiger partial charge in [0.15, 0.2) is 0 Å². The fourth-order valence-electron chi connectivity index (χ4n) is 1.22. The molecule has 0 aliphatic rings. The minimum absolute atomic E-state index is 0.0315. The Morgan fingerprint density at radius 1 is 1.44 bits per heavy atom. The number of nitro groups is 1. The first-order chi connectivity index (χ1) is 7.72. The van der Waals surface area contributed by atoms with Crippen molar-refractivity contribution >= 4 is 17.4 Å². The summed E-state index contributed by atoms with van der Waals surface area (Å²) >= 11 is 1.29. The van der Waals surface area contributed by atoms with Gasteiger partial charge in [-0.3, -0.25) is 10.1 Å². The minimum atomic E-state index is -0.468. The van der Waals surface area contributed by atoms with Crippen molar-refractivity contribution in [2.24, 2.45) is 0 Å². The van der Waals surface area contributed by atoms with Crippen LogP contribution in [0.5, 0.6) is 0 Å². The number of benzene rings is 1. The molecular formula is C9H7N3O3S. The van der Waals surface area contributed by atoms with Crippen LogP contribution < -0.4 is 0 Å². The van der Waals surface area contributed by atoms with E-state index < -0.39 is 4.92 Å². The van der Waals surface area contributed by atoms with Crippen LogP contribution in [0.4, 0.5) is 5.69 Å². The van der Waals surface area contributed by atoms with Crippen molar-refractivity contribution in [3.8, 4) is 11.4 Å². The molecule has 0 aliphatic carbocycles. The summed E-state index contributed by atoms with van der Waals surface area (Å²) in [5.74, 6) is 0.233. The maximum Gasteiger partial charge on any atom is 0.285 e. The monoisotopic (exact) mass is 237 g/mol. The molecular weight excluding hydrogens is 230 g/mol. The quantitative estimate of drug-likeness (QED) is 0.463. The van der Waals surface area contributed by atoms with Crippen molar-refractivity contribution in [3.63, 3.8) is 0 Å². The predicted molar refractivity (Wildman–Crippen MR) is 58.2 cm³/mol. The van der Waals surface area contributed by atoms with Crippen molar-refractivity contribution in [1.29, 1.82) is 0 Å². The number of thioether (sulfide) groups is 1. The van der Waals surface area contributed by atoms with Gasteiger partial charge < -0.3 is 4.52 Å². The van der Waals surface area contributed by atoms with Crippen LogP contribution in [0.2, 0.25) is 0 Å². The highest BCUT2D eigenvalue weighted by Gasteiger charge is 2.18. The Morgan fingerprint density at radius 2 is 2.19 bits per heavy atom. The summed E-state index contributed by atoms with van der Waals surface area (Å²) in [6.07, 6.45) is 1.79. The summed E-state index contributed by atoms with van der Waals surface area (Å²) in [7, 11) is 0. The Labute approximate surface area is 94.8 Å². The Bertz CT molecular complexity index is 526. The van der Waals surface area contributed by atoms with Crippen LogP contribution in [-0.2, 0) is 0 Å². The number of hydrogen-bond acceptors (Lipinski definition) is 6. The van der Waals surface area contributed by atoms with Gasteiger partial charge in [0.05, 0.1) is 4.92 Å². The number of nitro benzene ring substituents is 1. The zero-order valence-electron chi connectivity index (χ0n) is 8.28. The van der Waals surface area contributed by atoms with Gasteiger partial charge in [-0.1, -0.05) is 29.1 Å². The first kappa shape index (κ1) is 10.6. The van der Waals surface area contributed by atoms with Crippen molar-refractivity contribution in [3.05, 3.63) is 34.4 Å². The molecule has 2 rings (SSSR count). The van der Waals surface area contributed by atoms with Crippen LogP contribution in [-0.4, -0.2) is 21.3 Å². The molecule has 0 spiro atoms. The fourth-order valence-corrected chi connectivity index (χ4v) is 1.51. The second kappa shape index (κ2) is 4.31. The highest BCUT2D eigenvalue weighted by Crippen LogP contribution is 2.28. The van der Waals surface area contributed by atoms with E-state index in [0.29, 0.717) is 10.8 Å². The first-order valence-corrected chi connectivity index (χ1v) is 5.56. The zero-order valence-corrected chi connectivity index (χ0v) is 9.10. The van der Waals surface area contributed by atoms with Crippen molar-refractivity contribution in [1.82, 2.24) is 10.1 Å². The van der Waals surface area contributed by atoms with E-state index in [1.807, 2.05) is 0 Å².